The lowest BCUT2D eigenvalue weighted by molar-refractivity contribution is -0.131. The molecule has 1 N–H and O–H groups in total. The van der Waals surface area contributed by atoms with Gasteiger partial charge in [-0.3, -0.25) is 0 Å². The Bertz CT molecular complexity index is 431. The van der Waals surface area contributed by atoms with Gasteiger partial charge in [0, 0.05) is 6.08 Å². The molecular formula is C14H16O2. The van der Waals surface area contributed by atoms with Crippen molar-refractivity contribution in [3.05, 3.63) is 52.6 Å². The van der Waals surface area contributed by atoms with Crippen LogP contribution in [0.1, 0.15) is 22.3 Å². The van der Waals surface area contributed by atoms with Crippen LogP contribution in [0.15, 0.2) is 30.4 Å². The van der Waals surface area contributed by atoms with Crippen molar-refractivity contribution >= 4 is 12.0 Å². The van der Waals surface area contributed by atoms with Crippen molar-refractivity contribution < 1.29 is 9.90 Å². The molecule has 1 aromatic carbocycles. The molecule has 0 bridgehead atoms. The van der Waals surface area contributed by atoms with Gasteiger partial charge in [0.05, 0.1) is 0 Å². The lowest BCUT2D eigenvalue weighted by atomic mass is 10.0. The molecule has 0 aliphatic carbocycles. The number of hydrogen-bond acceptors (Lipinski definition) is 1. The number of aryl methyl sites for hydroxylation is 2. The zero-order valence-electron chi connectivity index (χ0n) is 9.82. The van der Waals surface area contributed by atoms with E-state index < -0.39 is 5.97 Å². The minimum absolute atomic E-state index is 0.930. The molecule has 1 aromatic rings. The highest BCUT2D eigenvalue weighted by molar-refractivity contribution is 5.80. The van der Waals surface area contributed by atoms with Crippen molar-refractivity contribution in [2.75, 3.05) is 0 Å². The topological polar surface area (TPSA) is 37.3 Å². The molecule has 0 heterocycles. The first-order valence-electron chi connectivity index (χ1n) is 5.16. The number of benzene rings is 1. The Labute approximate surface area is 95.9 Å². The molecule has 0 atom stereocenters. The SMILES string of the molecule is Cc1cc(/C=C/C=C/C(=O)O)cc(C)c1C. The van der Waals surface area contributed by atoms with E-state index in [1.807, 2.05) is 6.08 Å². The number of carboxylic acids is 1. The van der Waals surface area contributed by atoms with Crippen molar-refractivity contribution in [2.24, 2.45) is 0 Å². The minimum Gasteiger partial charge on any atom is -0.478 e. The number of carbonyl (C=O) groups is 1. The van der Waals surface area contributed by atoms with Gasteiger partial charge in [-0.25, -0.2) is 4.79 Å². The summed E-state index contributed by atoms with van der Waals surface area (Å²) in [5.41, 5.74) is 4.90. The molecule has 0 amide bonds. The fourth-order valence-electron chi connectivity index (χ4n) is 1.47. The highest BCUT2D eigenvalue weighted by Crippen LogP contribution is 2.16. The van der Waals surface area contributed by atoms with Crippen LogP contribution in [0, 0.1) is 20.8 Å². The smallest absolute Gasteiger partial charge is 0.328 e. The average Bonchev–Trinajstić information content (AvgIpc) is 2.20. The molecule has 0 aliphatic rings. The quantitative estimate of drug-likeness (QED) is 0.622. The normalized spacial score (nSPS) is 11.4. The van der Waals surface area contributed by atoms with Gasteiger partial charge in [0.15, 0.2) is 0 Å². The van der Waals surface area contributed by atoms with Crippen LogP contribution in [0.3, 0.4) is 0 Å². The number of carboxylic acid groups (broad SMARTS) is 1. The third-order valence-corrected chi connectivity index (χ3v) is 2.59. The standard InChI is InChI=1S/C14H16O2/c1-10-8-13(9-11(2)12(10)3)6-4-5-7-14(15)16/h4-9H,1-3H3,(H,15,16)/b6-4+,7-5+. The van der Waals surface area contributed by atoms with Gasteiger partial charge in [0.25, 0.3) is 0 Å². The zero-order chi connectivity index (χ0) is 12.1. The molecular weight excluding hydrogens is 200 g/mol. The second kappa shape index (κ2) is 5.31. The molecule has 16 heavy (non-hydrogen) atoms. The van der Waals surface area contributed by atoms with E-state index in [1.54, 1.807) is 6.08 Å². The summed E-state index contributed by atoms with van der Waals surface area (Å²) in [4.78, 5) is 10.2. The van der Waals surface area contributed by atoms with Gasteiger partial charge in [0.2, 0.25) is 0 Å². The largest absolute Gasteiger partial charge is 0.478 e. The van der Waals surface area contributed by atoms with E-state index in [-0.39, 0.29) is 0 Å². The Hall–Kier alpha value is -1.83. The van der Waals surface area contributed by atoms with Gasteiger partial charge < -0.3 is 5.11 Å². The first-order valence-corrected chi connectivity index (χ1v) is 5.16. The van der Waals surface area contributed by atoms with Gasteiger partial charge in [0.1, 0.15) is 0 Å². The van der Waals surface area contributed by atoms with E-state index in [9.17, 15) is 4.79 Å². The van der Waals surface area contributed by atoms with E-state index >= 15 is 0 Å². The van der Waals surface area contributed by atoms with E-state index in [0.29, 0.717) is 0 Å². The molecule has 1 rings (SSSR count). The second-order valence-corrected chi connectivity index (χ2v) is 3.84. The summed E-state index contributed by atoms with van der Waals surface area (Å²) in [5.74, 6) is -0.930. The van der Waals surface area contributed by atoms with Crippen LogP contribution in [0.25, 0.3) is 6.08 Å². The van der Waals surface area contributed by atoms with Gasteiger partial charge in [-0.1, -0.05) is 30.4 Å². The van der Waals surface area contributed by atoms with Crippen molar-refractivity contribution in [1.82, 2.24) is 0 Å². The molecule has 0 saturated carbocycles. The van der Waals surface area contributed by atoms with E-state index in [1.165, 1.54) is 22.8 Å². The predicted octanol–water partition coefficient (Wildman–Crippen LogP) is 3.27. The van der Waals surface area contributed by atoms with Crippen LogP contribution in [0.5, 0.6) is 0 Å². The first-order chi connectivity index (χ1) is 7.50. The predicted molar refractivity (Wildman–Crippen MR) is 66.5 cm³/mol. The Morgan fingerprint density at radius 2 is 1.69 bits per heavy atom. The monoisotopic (exact) mass is 216 g/mol. The summed E-state index contributed by atoms with van der Waals surface area (Å²) < 4.78 is 0. The van der Waals surface area contributed by atoms with Crippen LogP contribution < -0.4 is 0 Å². The summed E-state index contributed by atoms with van der Waals surface area (Å²) in [6.45, 7) is 6.25. The molecule has 84 valence electrons. The zero-order valence-corrected chi connectivity index (χ0v) is 9.82. The molecule has 0 aliphatic heterocycles. The highest BCUT2D eigenvalue weighted by Gasteiger charge is 1.97. The molecule has 0 radical (unpaired) electrons. The lowest BCUT2D eigenvalue weighted by Gasteiger charge is -2.05. The van der Waals surface area contributed by atoms with Crippen molar-refractivity contribution in [1.29, 1.82) is 0 Å². The molecule has 0 unspecified atom stereocenters. The second-order valence-electron chi connectivity index (χ2n) is 3.84. The van der Waals surface area contributed by atoms with Crippen LogP contribution >= 0.6 is 0 Å². The summed E-state index contributed by atoms with van der Waals surface area (Å²) in [6, 6.07) is 4.18. The number of allylic oxidation sites excluding steroid dienone is 2. The van der Waals surface area contributed by atoms with Crippen LogP contribution in [-0.4, -0.2) is 11.1 Å². The number of hydrogen-bond donors (Lipinski definition) is 1. The fraction of sp³-hybridized carbons (Fsp3) is 0.214. The summed E-state index contributed by atoms with van der Waals surface area (Å²) in [5, 5.41) is 8.41. The Balaban J connectivity index is 2.86. The Morgan fingerprint density at radius 1 is 1.12 bits per heavy atom. The van der Waals surface area contributed by atoms with Crippen molar-refractivity contribution in [2.45, 2.75) is 20.8 Å². The minimum atomic E-state index is -0.930. The van der Waals surface area contributed by atoms with Gasteiger partial charge >= 0.3 is 5.97 Å². The van der Waals surface area contributed by atoms with E-state index in [2.05, 4.69) is 32.9 Å². The Kier molecular flexibility index (Phi) is 4.06. The first kappa shape index (κ1) is 12.2. The Morgan fingerprint density at radius 3 is 2.19 bits per heavy atom. The number of rotatable bonds is 3. The molecule has 2 heteroatoms. The van der Waals surface area contributed by atoms with Crippen LogP contribution in [0.2, 0.25) is 0 Å². The lowest BCUT2D eigenvalue weighted by Crippen LogP contribution is -1.87. The third kappa shape index (κ3) is 3.39. The van der Waals surface area contributed by atoms with Crippen molar-refractivity contribution in [3.63, 3.8) is 0 Å². The molecule has 2 nitrogen and oxygen atoms in total. The third-order valence-electron chi connectivity index (χ3n) is 2.59. The maximum atomic E-state index is 10.2. The van der Waals surface area contributed by atoms with Crippen molar-refractivity contribution in [3.8, 4) is 0 Å². The van der Waals surface area contributed by atoms with E-state index in [0.717, 1.165) is 11.6 Å². The van der Waals surface area contributed by atoms with Crippen LogP contribution in [0.4, 0.5) is 0 Å². The highest BCUT2D eigenvalue weighted by atomic mass is 16.4. The van der Waals surface area contributed by atoms with Crippen LogP contribution in [-0.2, 0) is 4.79 Å². The molecule has 0 spiro atoms. The summed E-state index contributed by atoms with van der Waals surface area (Å²) >= 11 is 0. The fourth-order valence-corrected chi connectivity index (χ4v) is 1.47. The van der Waals surface area contributed by atoms with E-state index in [4.69, 9.17) is 5.11 Å². The van der Waals surface area contributed by atoms with Gasteiger partial charge in [-0.05, 0) is 43.0 Å². The summed E-state index contributed by atoms with van der Waals surface area (Å²) in [6.07, 6.45) is 6.27. The maximum absolute atomic E-state index is 10.2. The molecule has 0 fully saturated rings. The molecule has 0 saturated heterocycles. The average molecular weight is 216 g/mol. The van der Waals surface area contributed by atoms with Gasteiger partial charge in [-0.2, -0.15) is 0 Å². The van der Waals surface area contributed by atoms with Gasteiger partial charge in [-0.15, -0.1) is 0 Å². The maximum Gasteiger partial charge on any atom is 0.328 e. The number of aliphatic carboxylic acids is 1. The molecule has 0 aromatic heterocycles. The summed E-state index contributed by atoms with van der Waals surface area (Å²) in [7, 11) is 0.